The first-order chi connectivity index (χ1) is 6.20. The highest BCUT2D eigenvalue weighted by molar-refractivity contribution is 5.86. The van der Waals surface area contributed by atoms with Gasteiger partial charge in [0.05, 0.1) is 6.20 Å². The lowest BCUT2D eigenvalue weighted by Crippen LogP contribution is -2.31. The molecule has 1 aliphatic heterocycles. The van der Waals surface area contributed by atoms with E-state index < -0.39 is 11.9 Å². The summed E-state index contributed by atoms with van der Waals surface area (Å²) in [5.41, 5.74) is 5.70. The van der Waals surface area contributed by atoms with E-state index in [1.54, 1.807) is 6.20 Å². The summed E-state index contributed by atoms with van der Waals surface area (Å²) in [6, 6.07) is -0.481. The number of rotatable bonds is 1. The molecule has 2 N–H and O–H groups in total. The molecule has 0 saturated carbocycles. The number of carbonyl (C=O) groups excluding carboxylic acids is 1. The van der Waals surface area contributed by atoms with Crippen molar-refractivity contribution in [1.82, 2.24) is 9.55 Å². The molecule has 2 heterocycles. The van der Waals surface area contributed by atoms with Gasteiger partial charge >= 0.3 is 0 Å². The first-order valence-corrected chi connectivity index (χ1v) is 4.05. The lowest BCUT2D eigenvalue weighted by molar-refractivity contribution is -0.121. The Hall–Kier alpha value is -0.780. The number of carbonyl (C=O) groups is 1. The highest BCUT2D eigenvalue weighted by Gasteiger charge is 2.26. The van der Waals surface area contributed by atoms with Crippen LogP contribution in [0.1, 0.15) is 18.2 Å². The van der Waals surface area contributed by atoms with Gasteiger partial charge in [-0.15, -0.1) is 37.2 Å². The minimum atomic E-state index is -0.481. The molecule has 0 radical (unpaired) electrons. The maximum atomic E-state index is 11.3. The maximum absolute atomic E-state index is 11.3. The van der Waals surface area contributed by atoms with Crippen LogP contribution in [-0.2, 0) is 11.2 Å². The van der Waals surface area contributed by atoms with Crippen molar-refractivity contribution in [3.63, 3.8) is 0 Å². The molecule has 0 saturated heterocycles. The van der Waals surface area contributed by atoms with Gasteiger partial charge in [0.2, 0.25) is 5.91 Å². The molecule has 2 rings (SSSR count). The van der Waals surface area contributed by atoms with Gasteiger partial charge in [-0.3, -0.25) is 19.1 Å². The quantitative estimate of drug-likeness (QED) is 0.816. The van der Waals surface area contributed by atoms with Gasteiger partial charge in [-0.2, -0.15) is 0 Å². The summed E-state index contributed by atoms with van der Waals surface area (Å²) in [6.45, 7) is 0. The zero-order valence-electron chi connectivity index (χ0n) is 8.16. The lowest BCUT2D eigenvalue weighted by Gasteiger charge is -2.08. The van der Waals surface area contributed by atoms with Crippen molar-refractivity contribution in [3.8, 4) is 0 Å². The Kier molecular flexibility index (Phi) is 7.40. The van der Waals surface area contributed by atoms with Crippen LogP contribution in [0.3, 0.4) is 0 Å². The fourth-order valence-electron chi connectivity index (χ4n) is 1.67. The van der Waals surface area contributed by atoms with E-state index in [4.69, 9.17) is 5.73 Å². The van der Waals surface area contributed by atoms with Crippen LogP contribution in [-0.4, -0.2) is 15.5 Å². The zero-order chi connectivity index (χ0) is 9.42. The van der Waals surface area contributed by atoms with Crippen molar-refractivity contribution < 1.29 is 4.79 Å². The molecule has 0 fully saturated rings. The van der Waals surface area contributed by atoms with Crippen molar-refractivity contribution >= 4 is 43.1 Å². The van der Waals surface area contributed by atoms with Crippen molar-refractivity contribution in [2.45, 2.75) is 18.9 Å². The summed E-state index contributed by atoms with van der Waals surface area (Å²) in [7, 11) is 0. The predicted octanol–water partition coefficient (Wildman–Crippen LogP) is 0.481. The normalized spacial score (nSPS) is 16.1. The number of nitrogens with two attached hydrogens (primary N) is 1. The molecule has 0 bridgehead atoms. The first-order valence-electron chi connectivity index (χ1n) is 4.05. The molecule has 1 aliphatic rings. The van der Waals surface area contributed by atoms with E-state index in [2.05, 4.69) is 4.98 Å². The second-order valence-corrected chi connectivity index (χ2v) is 3.06. The van der Waals surface area contributed by atoms with Crippen LogP contribution in [0.25, 0.3) is 0 Å². The molecule has 5 nitrogen and oxygen atoms in total. The highest BCUT2D eigenvalue weighted by Crippen LogP contribution is 2.21. The Morgan fingerprint density at radius 1 is 1.38 bits per heavy atom. The smallest absolute Gasteiger partial charge is 0.269 e. The van der Waals surface area contributed by atoms with E-state index in [0.29, 0.717) is 12.8 Å². The number of amides is 1. The molecular weight excluding hydrogens is 276 g/mol. The largest absolute Gasteiger partial charge is 0.368 e. The van der Waals surface area contributed by atoms with Gasteiger partial charge in [0.15, 0.2) is 0 Å². The third kappa shape index (κ3) is 2.87. The topological polar surface area (TPSA) is 78.0 Å². The molecule has 1 aromatic rings. The van der Waals surface area contributed by atoms with Crippen molar-refractivity contribution in [2.75, 3.05) is 0 Å². The lowest BCUT2D eigenvalue weighted by atomic mass is 10.2. The maximum Gasteiger partial charge on any atom is 0.269 e. The van der Waals surface area contributed by atoms with Gasteiger partial charge in [0.1, 0.15) is 6.04 Å². The van der Waals surface area contributed by atoms with Gasteiger partial charge in [-0.1, -0.05) is 0 Å². The Balaban J connectivity index is 0. The van der Waals surface area contributed by atoms with Crippen LogP contribution in [0.5, 0.6) is 0 Å². The Morgan fingerprint density at radius 2 is 2.00 bits per heavy atom. The Morgan fingerprint density at radius 3 is 2.56 bits per heavy atom. The average Bonchev–Trinajstić information content (AvgIpc) is 2.49. The van der Waals surface area contributed by atoms with Gasteiger partial charge < -0.3 is 5.73 Å². The number of hydrogen-bond acceptors (Lipinski definition) is 3. The molecule has 1 unspecified atom stereocenters. The SMILES string of the molecule is Cl.Cl.Cl.NC(=O)C1CCc2cncc(=O)n21. The minimum absolute atomic E-state index is 0. The number of aromatic nitrogens is 2. The van der Waals surface area contributed by atoms with Gasteiger partial charge in [0, 0.05) is 11.9 Å². The van der Waals surface area contributed by atoms with Gasteiger partial charge in [0.25, 0.3) is 5.56 Å². The second-order valence-electron chi connectivity index (χ2n) is 3.06. The molecule has 8 heteroatoms. The van der Waals surface area contributed by atoms with E-state index in [1.807, 2.05) is 0 Å². The molecule has 16 heavy (non-hydrogen) atoms. The minimum Gasteiger partial charge on any atom is -0.368 e. The summed E-state index contributed by atoms with van der Waals surface area (Å²) in [5.74, 6) is -0.452. The monoisotopic (exact) mass is 287 g/mol. The van der Waals surface area contributed by atoms with Crippen LogP contribution in [0.4, 0.5) is 0 Å². The number of fused-ring (bicyclic) bond motifs is 1. The number of nitrogens with zero attached hydrogens (tertiary/aromatic N) is 2. The first kappa shape index (κ1) is 17.6. The summed E-state index contributed by atoms with van der Waals surface area (Å²) in [6.07, 6.45) is 4.10. The van der Waals surface area contributed by atoms with Gasteiger partial charge in [-0.25, -0.2) is 0 Å². The van der Waals surface area contributed by atoms with Crippen LogP contribution < -0.4 is 11.3 Å². The standard InChI is InChI=1S/C8H9N3O2.3ClH/c9-8(13)6-2-1-5-3-10-4-7(12)11(5)6;;;/h3-4,6H,1-2H2,(H2,9,13);3*1H. The fraction of sp³-hybridized carbons (Fsp3) is 0.375. The third-order valence-electron chi connectivity index (χ3n) is 2.27. The number of primary amides is 1. The number of aryl methyl sites for hydroxylation is 1. The second kappa shape index (κ2) is 6.73. The van der Waals surface area contributed by atoms with Crippen LogP contribution in [0.2, 0.25) is 0 Å². The molecule has 1 atom stereocenters. The average molecular weight is 289 g/mol. The van der Waals surface area contributed by atoms with E-state index >= 15 is 0 Å². The predicted molar refractivity (Wildman–Crippen MR) is 66.8 cm³/mol. The molecule has 92 valence electrons. The Labute approximate surface area is 111 Å². The van der Waals surface area contributed by atoms with Crippen LogP contribution in [0, 0.1) is 0 Å². The molecule has 0 aromatic carbocycles. The van der Waals surface area contributed by atoms with Crippen LogP contribution >= 0.6 is 37.2 Å². The van der Waals surface area contributed by atoms with E-state index in [9.17, 15) is 9.59 Å². The van der Waals surface area contributed by atoms with E-state index in [1.165, 1.54) is 10.8 Å². The summed E-state index contributed by atoms with van der Waals surface area (Å²) in [4.78, 5) is 26.0. The third-order valence-corrected chi connectivity index (χ3v) is 2.27. The highest BCUT2D eigenvalue weighted by atomic mass is 35.5. The van der Waals surface area contributed by atoms with Crippen molar-refractivity contribution in [1.29, 1.82) is 0 Å². The summed E-state index contributed by atoms with van der Waals surface area (Å²) < 4.78 is 1.43. The molecule has 0 aliphatic carbocycles. The number of halogens is 3. The van der Waals surface area contributed by atoms with Crippen molar-refractivity contribution in [3.05, 3.63) is 28.4 Å². The summed E-state index contributed by atoms with van der Waals surface area (Å²) >= 11 is 0. The summed E-state index contributed by atoms with van der Waals surface area (Å²) in [5, 5.41) is 0. The molecular formula is C8H12Cl3N3O2. The molecule has 1 aromatic heterocycles. The Bertz CT molecular complexity index is 421. The van der Waals surface area contributed by atoms with Gasteiger partial charge in [-0.05, 0) is 12.8 Å². The van der Waals surface area contributed by atoms with E-state index in [-0.39, 0.29) is 42.8 Å². The van der Waals surface area contributed by atoms with E-state index in [0.717, 1.165) is 5.69 Å². The zero-order valence-corrected chi connectivity index (χ0v) is 10.6. The van der Waals surface area contributed by atoms with Crippen molar-refractivity contribution in [2.24, 2.45) is 5.73 Å². The molecule has 0 spiro atoms. The van der Waals surface area contributed by atoms with Crippen LogP contribution in [0.15, 0.2) is 17.2 Å². The molecule has 1 amide bonds. The number of hydrogen-bond donors (Lipinski definition) is 1. The fourth-order valence-corrected chi connectivity index (χ4v) is 1.67.